The normalized spacial score (nSPS) is 14.0. The van der Waals surface area contributed by atoms with E-state index in [0.29, 0.717) is 25.2 Å². The molecule has 1 amide bonds. The zero-order chi connectivity index (χ0) is 21.7. The molecule has 0 unspecified atom stereocenters. The number of aryl methyl sites for hydroxylation is 4. The predicted molar refractivity (Wildman–Crippen MR) is 121 cm³/mol. The van der Waals surface area contributed by atoms with E-state index in [-0.39, 0.29) is 10.8 Å². The Morgan fingerprint density at radius 2 is 1.93 bits per heavy atom. The Bertz CT molecular complexity index is 972. The Hall–Kier alpha value is -1.77. The second kappa shape index (κ2) is 10.0. The first kappa shape index (κ1) is 22.9. The van der Waals surface area contributed by atoms with E-state index in [9.17, 15) is 13.2 Å². The van der Waals surface area contributed by atoms with Crippen LogP contribution in [0.25, 0.3) is 0 Å². The number of amides is 1. The molecule has 1 aromatic heterocycles. The van der Waals surface area contributed by atoms with Crippen LogP contribution in [0.4, 0.5) is 0 Å². The van der Waals surface area contributed by atoms with Gasteiger partial charge >= 0.3 is 0 Å². The maximum absolute atomic E-state index is 12.8. The van der Waals surface area contributed by atoms with Gasteiger partial charge in [0.1, 0.15) is 0 Å². The number of nitrogens with zero attached hydrogens (tertiary/aromatic N) is 2. The van der Waals surface area contributed by atoms with E-state index in [0.717, 1.165) is 36.3 Å². The predicted octanol–water partition coefficient (Wildman–Crippen LogP) is 3.72. The molecule has 3 rings (SSSR count). The van der Waals surface area contributed by atoms with E-state index >= 15 is 0 Å². The zero-order valence-corrected chi connectivity index (χ0v) is 19.7. The highest BCUT2D eigenvalue weighted by atomic mass is 32.2. The van der Waals surface area contributed by atoms with Gasteiger partial charge in [0.2, 0.25) is 10.0 Å². The third-order valence-electron chi connectivity index (χ3n) is 5.54. The molecule has 0 radical (unpaired) electrons. The number of carbonyl (C=O) groups is 1. The van der Waals surface area contributed by atoms with Crippen LogP contribution in [-0.4, -0.2) is 43.2 Å². The second-order valence-corrected chi connectivity index (χ2v) is 10.7. The lowest BCUT2D eigenvalue weighted by molar-refractivity contribution is 0.0952. The highest BCUT2D eigenvalue weighted by molar-refractivity contribution is 7.89. The van der Waals surface area contributed by atoms with Crippen LogP contribution in [-0.2, 0) is 29.3 Å². The van der Waals surface area contributed by atoms with E-state index in [4.69, 9.17) is 4.98 Å². The minimum atomic E-state index is -3.59. The van der Waals surface area contributed by atoms with E-state index < -0.39 is 10.0 Å². The Labute approximate surface area is 183 Å². The smallest absolute Gasteiger partial charge is 0.251 e. The van der Waals surface area contributed by atoms with Gasteiger partial charge in [-0.15, -0.1) is 11.3 Å². The summed E-state index contributed by atoms with van der Waals surface area (Å²) in [5, 5.41) is 4.09. The van der Waals surface area contributed by atoms with Gasteiger partial charge in [-0.3, -0.25) is 4.79 Å². The van der Waals surface area contributed by atoms with Crippen LogP contribution in [0.2, 0.25) is 0 Å². The van der Waals surface area contributed by atoms with Gasteiger partial charge in [-0.2, -0.15) is 4.31 Å². The molecule has 1 aliphatic rings. The topological polar surface area (TPSA) is 79.4 Å². The van der Waals surface area contributed by atoms with Crippen LogP contribution in [0, 0.1) is 6.92 Å². The fourth-order valence-corrected chi connectivity index (χ4v) is 6.45. The summed E-state index contributed by atoms with van der Waals surface area (Å²) in [4.78, 5) is 19.0. The maximum Gasteiger partial charge on any atom is 0.251 e. The first-order chi connectivity index (χ1) is 14.4. The highest BCUT2D eigenvalue weighted by Crippen LogP contribution is 2.27. The quantitative estimate of drug-likeness (QED) is 0.592. The third-order valence-corrected chi connectivity index (χ3v) is 8.80. The Morgan fingerprint density at radius 1 is 1.20 bits per heavy atom. The van der Waals surface area contributed by atoms with Crippen LogP contribution < -0.4 is 5.32 Å². The fraction of sp³-hybridized carbons (Fsp3) is 0.545. The fourth-order valence-electron chi connectivity index (χ4n) is 3.77. The summed E-state index contributed by atoms with van der Waals surface area (Å²) in [5.74, 6) is -0.234. The molecule has 30 heavy (non-hydrogen) atoms. The van der Waals surface area contributed by atoms with Gasteiger partial charge in [0.15, 0.2) is 0 Å². The number of nitrogens with one attached hydrogen (secondary N) is 1. The largest absolute Gasteiger partial charge is 0.352 e. The number of hydrogen-bond donors (Lipinski definition) is 1. The molecule has 1 aliphatic carbocycles. The van der Waals surface area contributed by atoms with E-state index in [2.05, 4.69) is 5.32 Å². The summed E-state index contributed by atoms with van der Waals surface area (Å²) >= 11 is 1.81. The van der Waals surface area contributed by atoms with Crippen LogP contribution in [0.5, 0.6) is 0 Å². The molecule has 1 N–H and O–H groups in total. The van der Waals surface area contributed by atoms with Crippen molar-refractivity contribution in [1.29, 1.82) is 0 Å². The first-order valence-electron chi connectivity index (χ1n) is 10.7. The first-order valence-corrected chi connectivity index (χ1v) is 13.0. The van der Waals surface area contributed by atoms with Crippen molar-refractivity contribution in [2.75, 3.05) is 19.6 Å². The van der Waals surface area contributed by atoms with Gasteiger partial charge in [0.25, 0.3) is 5.91 Å². The molecule has 1 heterocycles. The van der Waals surface area contributed by atoms with Gasteiger partial charge in [0, 0.05) is 36.5 Å². The Kier molecular flexibility index (Phi) is 7.65. The van der Waals surface area contributed by atoms with E-state index in [1.165, 1.54) is 33.8 Å². The molecule has 0 saturated carbocycles. The van der Waals surface area contributed by atoms with E-state index in [1.54, 1.807) is 12.1 Å². The summed E-state index contributed by atoms with van der Waals surface area (Å²) in [5.41, 5.74) is 2.44. The number of sulfonamides is 1. The number of aromatic nitrogens is 1. The van der Waals surface area contributed by atoms with Crippen molar-refractivity contribution in [3.05, 3.63) is 44.9 Å². The monoisotopic (exact) mass is 449 g/mol. The molecule has 1 aromatic carbocycles. The SMILES string of the molecule is CCN(CC)S(=O)(=O)c1ccc(C)c(C(=O)NCCCc2nc3c(s2)CCCC3)c1. The summed E-state index contributed by atoms with van der Waals surface area (Å²) in [6, 6.07) is 4.77. The molecule has 0 fully saturated rings. The average molecular weight is 450 g/mol. The summed E-state index contributed by atoms with van der Waals surface area (Å²) in [6.45, 7) is 6.77. The lowest BCUT2D eigenvalue weighted by Crippen LogP contribution is -2.31. The van der Waals surface area contributed by atoms with Crippen molar-refractivity contribution < 1.29 is 13.2 Å². The molecule has 8 heteroatoms. The zero-order valence-electron chi connectivity index (χ0n) is 18.0. The van der Waals surface area contributed by atoms with Crippen LogP contribution in [0.1, 0.15) is 64.6 Å². The maximum atomic E-state index is 12.8. The highest BCUT2D eigenvalue weighted by Gasteiger charge is 2.23. The molecule has 0 aliphatic heterocycles. The van der Waals surface area contributed by atoms with Crippen molar-refractivity contribution >= 4 is 27.3 Å². The number of fused-ring (bicyclic) bond motifs is 1. The van der Waals surface area contributed by atoms with Crippen molar-refractivity contribution in [3.8, 4) is 0 Å². The van der Waals surface area contributed by atoms with Crippen LogP contribution in [0.3, 0.4) is 0 Å². The number of carbonyl (C=O) groups excluding carboxylic acids is 1. The second-order valence-electron chi connectivity index (χ2n) is 7.61. The molecule has 164 valence electrons. The lowest BCUT2D eigenvalue weighted by Gasteiger charge is -2.19. The number of thiazole rings is 1. The Morgan fingerprint density at radius 3 is 2.63 bits per heavy atom. The van der Waals surface area contributed by atoms with Gasteiger partial charge in [-0.25, -0.2) is 13.4 Å². The van der Waals surface area contributed by atoms with Crippen molar-refractivity contribution in [2.24, 2.45) is 0 Å². The van der Waals surface area contributed by atoms with Crippen LogP contribution in [0.15, 0.2) is 23.1 Å². The molecular weight excluding hydrogens is 418 g/mol. The van der Waals surface area contributed by atoms with Crippen molar-refractivity contribution in [1.82, 2.24) is 14.6 Å². The lowest BCUT2D eigenvalue weighted by atomic mass is 10.0. The molecule has 0 spiro atoms. The minimum absolute atomic E-state index is 0.162. The molecule has 2 aromatic rings. The minimum Gasteiger partial charge on any atom is -0.352 e. The van der Waals surface area contributed by atoms with Crippen molar-refractivity contribution in [2.45, 2.75) is 64.2 Å². The van der Waals surface area contributed by atoms with Crippen molar-refractivity contribution in [3.63, 3.8) is 0 Å². The average Bonchev–Trinajstić information content (AvgIpc) is 3.14. The molecule has 0 atom stereocenters. The third kappa shape index (κ3) is 5.10. The molecular formula is C22H31N3O3S2. The summed E-state index contributed by atoms with van der Waals surface area (Å²) in [6.07, 6.45) is 6.40. The van der Waals surface area contributed by atoms with Gasteiger partial charge in [-0.1, -0.05) is 19.9 Å². The number of rotatable bonds is 9. The standard InChI is InChI=1S/C22H31N3O3S2/c1-4-25(5-2)30(27,28)17-13-12-16(3)18(15-17)22(26)23-14-8-11-21-24-19-9-6-7-10-20(19)29-21/h12-13,15H,4-11,14H2,1-3H3,(H,23,26). The Balaban J connectivity index is 1.60. The van der Waals surface area contributed by atoms with Gasteiger partial charge in [-0.05, 0) is 56.7 Å². The summed E-state index contributed by atoms with van der Waals surface area (Å²) in [7, 11) is -3.59. The van der Waals surface area contributed by atoms with Gasteiger partial charge < -0.3 is 5.32 Å². The molecule has 0 saturated heterocycles. The van der Waals surface area contributed by atoms with Crippen LogP contribution >= 0.6 is 11.3 Å². The van der Waals surface area contributed by atoms with Gasteiger partial charge in [0.05, 0.1) is 15.6 Å². The number of hydrogen-bond acceptors (Lipinski definition) is 5. The molecule has 6 nitrogen and oxygen atoms in total. The molecule has 0 bridgehead atoms. The number of benzene rings is 1. The van der Waals surface area contributed by atoms with E-state index in [1.807, 2.05) is 32.1 Å². The summed E-state index contributed by atoms with van der Waals surface area (Å²) < 4.78 is 26.9.